The molecule has 7 heteroatoms. The van der Waals surface area contributed by atoms with Gasteiger partial charge in [-0.05, 0) is 36.8 Å². The third-order valence-electron chi connectivity index (χ3n) is 3.63. The molecular weight excluding hydrogens is 391 g/mol. The van der Waals surface area contributed by atoms with Crippen LogP contribution in [0.1, 0.15) is 13.3 Å². The van der Waals surface area contributed by atoms with Crippen molar-refractivity contribution in [2.24, 2.45) is 0 Å². The molecule has 0 aliphatic rings. The van der Waals surface area contributed by atoms with Crippen LogP contribution in [0.15, 0.2) is 53.9 Å². The van der Waals surface area contributed by atoms with Gasteiger partial charge in [-0.25, -0.2) is 4.98 Å². The van der Waals surface area contributed by atoms with Crippen molar-refractivity contribution in [3.05, 3.63) is 64.0 Å². The normalized spacial score (nSPS) is 11.8. The summed E-state index contributed by atoms with van der Waals surface area (Å²) < 4.78 is 5.75. The van der Waals surface area contributed by atoms with E-state index in [2.05, 4.69) is 10.3 Å². The number of halogens is 2. The Bertz CT molecular complexity index is 900. The van der Waals surface area contributed by atoms with Gasteiger partial charge in [-0.15, -0.1) is 11.3 Å². The number of nitrogens with zero attached hydrogens (tertiary/aromatic N) is 1. The number of hydrogen-bond donors (Lipinski definition) is 1. The molecule has 4 nitrogen and oxygen atoms in total. The van der Waals surface area contributed by atoms with E-state index in [0.29, 0.717) is 33.0 Å². The van der Waals surface area contributed by atoms with E-state index in [-0.39, 0.29) is 5.91 Å². The van der Waals surface area contributed by atoms with E-state index in [1.54, 1.807) is 18.2 Å². The predicted octanol–water partition coefficient (Wildman–Crippen LogP) is 5.91. The minimum atomic E-state index is -0.594. The minimum Gasteiger partial charge on any atom is -0.481 e. The molecule has 0 radical (unpaired) electrons. The molecule has 1 heterocycles. The number of carbonyl (C=O) groups excluding carboxylic acids is 1. The van der Waals surface area contributed by atoms with Gasteiger partial charge in [0.25, 0.3) is 5.91 Å². The van der Waals surface area contributed by atoms with E-state index in [4.69, 9.17) is 27.9 Å². The van der Waals surface area contributed by atoms with Crippen molar-refractivity contribution < 1.29 is 9.53 Å². The lowest BCUT2D eigenvalue weighted by Gasteiger charge is -2.16. The lowest BCUT2D eigenvalue weighted by molar-refractivity contribution is -0.122. The summed E-state index contributed by atoms with van der Waals surface area (Å²) >= 11 is 13.5. The molecule has 0 saturated heterocycles. The highest BCUT2D eigenvalue weighted by Gasteiger charge is 2.20. The molecule has 1 N–H and O–H groups in total. The van der Waals surface area contributed by atoms with Gasteiger partial charge in [0.05, 0.1) is 10.7 Å². The van der Waals surface area contributed by atoms with Crippen molar-refractivity contribution in [2.45, 2.75) is 19.4 Å². The highest BCUT2D eigenvalue weighted by molar-refractivity contribution is 7.14. The summed E-state index contributed by atoms with van der Waals surface area (Å²) in [5, 5.41) is 6.21. The van der Waals surface area contributed by atoms with Crippen molar-refractivity contribution in [3.8, 4) is 17.0 Å². The van der Waals surface area contributed by atoms with Crippen LogP contribution in [-0.4, -0.2) is 17.0 Å². The van der Waals surface area contributed by atoms with Crippen molar-refractivity contribution in [1.29, 1.82) is 0 Å². The lowest BCUT2D eigenvalue weighted by Crippen LogP contribution is -2.32. The van der Waals surface area contributed by atoms with Crippen LogP contribution in [0.5, 0.6) is 5.75 Å². The number of para-hydroxylation sites is 1. The Labute approximate surface area is 165 Å². The van der Waals surface area contributed by atoms with E-state index in [1.807, 2.05) is 42.6 Å². The number of benzene rings is 2. The maximum atomic E-state index is 12.5. The van der Waals surface area contributed by atoms with Gasteiger partial charge < -0.3 is 4.74 Å². The van der Waals surface area contributed by atoms with Crippen LogP contribution in [0.2, 0.25) is 10.0 Å². The van der Waals surface area contributed by atoms with Crippen LogP contribution in [0, 0.1) is 0 Å². The first-order chi connectivity index (χ1) is 12.6. The summed E-state index contributed by atoms with van der Waals surface area (Å²) in [6.45, 7) is 1.90. The standard InChI is InChI=1S/C19H16Cl2N2O2S/c1-2-17(25-13-6-4-3-5-7-13)18(24)23-19-22-16(11-26-19)14-9-8-12(20)10-15(14)21/h3-11,17H,2H2,1H3,(H,22,23,24)/t17-/m1/s1. The topological polar surface area (TPSA) is 51.2 Å². The predicted molar refractivity (Wildman–Crippen MR) is 107 cm³/mol. The number of ether oxygens (including phenoxy) is 1. The van der Waals surface area contributed by atoms with Crippen LogP contribution in [0.3, 0.4) is 0 Å². The van der Waals surface area contributed by atoms with Crippen LogP contribution >= 0.6 is 34.5 Å². The summed E-state index contributed by atoms with van der Waals surface area (Å²) in [5.41, 5.74) is 1.45. The number of amides is 1. The summed E-state index contributed by atoms with van der Waals surface area (Å²) in [7, 11) is 0. The molecule has 0 unspecified atom stereocenters. The first-order valence-electron chi connectivity index (χ1n) is 8.00. The van der Waals surface area contributed by atoms with E-state index < -0.39 is 6.10 Å². The van der Waals surface area contributed by atoms with E-state index >= 15 is 0 Å². The van der Waals surface area contributed by atoms with Crippen molar-refractivity contribution in [1.82, 2.24) is 4.98 Å². The largest absolute Gasteiger partial charge is 0.481 e. The Morgan fingerprint density at radius 3 is 2.69 bits per heavy atom. The fourth-order valence-electron chi connectivity index (χ4n) is 2.32. The second-order valence-corrected chi connectivity index (χ2v) is 7.18. The fraction of sp³-hybridized carbons (Fsp3) is 0.158. The van der Waals surface area contributed by atoms with Crippen LogP contribution < -0.4 is 10.1 Å². The first kappa shape index (κ1) is 18.7. The second kappa shape index (κ2) is 8.54. The quantitative estimate of drug-likeness (QED) is 0.553. The molecule has 1 atom stereocenters. The molecule has 0 saturated carbocycles. The zero-order valence-electron chi connectivity index (χ0n) is 13.9. The minimum absolute atomic E-state index is 0.237. The average molecular weight is 407 g/mol. The van der Waals surface area contributed by atoms with Gasteiger partial charge in [-0.3, -0.25) is 10.1 Å². The van der Waals surface area contributed by atoms with E-state index in [9.17, 15) is 4.79 Å². The highest BCUT2D eigenvalue weighted by atomic mass is 35.5. The number of aromatic nitrogens is 1. The number of hydrogen-bond acceptors (Lipinski definition) is 4. The molecule has 2 aromatic carbocycles. The highest BCUT2D eigenvalue weighted by Crippen LogP contribution is 2.32. The van der Waals surface area contributed by atoms with Crippen molar-refractivity contribution in [2.75, 3.05) is 5.32 Å². The summed E-state index contributed by atoms with van der Waals surface area (Å²) in [4.78, 5) is 16.9. The Morgan fingerprint density at radius 2 is 2.00 bits per heavy atom. The van der Waals surface area contributed by atoms with E-state index in [0.717, 1.165) is 5.56 Å². The van der Waals surface area contributed by atoms with Gasteiger partial charge >= 0.3 is 0 Å². The maximum absolute atomic E-state index is 12.5. The second-order valence-electron chi connectivity index (χ2n) is 5.48. The summed E-state index contributed by atoms with van der Waals surface area (Å²) in [5.74, 6) is 0.418. The van der Waals surface area contributed by atoms with Gasteiger partial charge in [0, 0.05) is 16.0 Å². The van der Waals surface area contributed by atoms with Gasteiger partial charge in [-0.2, -0.15) is 0 Å². The van der Waals surface area contributed by atoms with Crippen LogP contribution in [-0.2, 0) is 4.79 Å². The molecule has 26 heavy (non-hydrogen) atoms. The molecule has 1 amide bonds. The molecule has 0 aliphatic heterocycles. The SMILES string of the molecule is CC[C@@H](Oc1ccccc1)C(=O)Nc1nc(-c2ccc(Cl)cc2Cl)cs1. The molecule has 3 rings (SSSR count). The van der Waals surface area contributed by atoms with Gasteiger partial charge in [0.1, 0.15) is 5.75 Å². The van der Waals surface area contributed by atoms with Crippen LogP contribution in [0.4, 0.5) is 5.13 Å². The number of nitrogens with one attached hydrogen (secondary N) is 1. The number of rotatable bonds is 6. The third kappa shape index (κ3) is 4.55. The summed E-state index contributed by atoms with van der Waals surface area (Å²) in [6, 6.07) is 14.5. The van der Waals surface area contributed by atoms with Gasteiger partial charge in [0.2, 0.25) is 0 Å². The third-order valence-corrected chi connectivity index (χ3v) is 4.93. The van der Waals surface area contributed by atoms with E-state index in [1.165, 1.54) is 11.3 Å². The number of anilines is 1. The van der Waals surface area contributed by atoms with Crippen molar-refractivity contribution in [3.63, 3.8) is 0 Å². The zero-order valence-corrected chi connectivity index (χ0v) is 16.2. The lowest BCUT2D eigenvalue weighted by atomic mass is 10.2. The molecule has 0 fully saturated rings. The molecular formula is C19H16Cl2N2O2S. The molecule has 0 aliphatic carbocycles. The Morgan fingerprint density at radius 1 is 1.23 bits per heavy atom. The first-order valence-corrected chi connectivity index (χ1v) is 9.64. The van der Waals surface area contributed by atoms with Gasteiger partial charge in [0.15, 0.2) is 11.2 Å². The van der Waals surface area contributed by atoms with Crippen molar-refractivity contribution >= 4 is 45.6 Å². The van der Waals surface area contributed by atoms with Gasteiger partial charge in [-0.1, -0.05) is 48.3 Å². The molecule has 3 aromatic rings. The molecule has 1 aromatic heterocycles. The van der Waals surface area contributed by atoms with Crippen LogP contribution in [0.25, 0.3) is 11.3 Å². The summed E-state index contributed by atoms with van der Waals surface area (Å²) in [6.07, 6.45) is -0.0500. The molecule has 0 spiro atoms. The zero-order chi connectivity index (χ0) is 18.5. The Hall–Kier alpha value is -2.08. The molecule has 134 valence electrons. The Kier molecular flexibility index (Phi) is 6.14. The maximum Gasteiger partial charge on any atom is 0.267 e. The molecule has 0 bridgehead atoms. The number of carbonyl (C=O) groups is 1. The number of thiazole rings is 1. The smallest absolute Gasteiger partial charge is 0.267 e. The Balaban J connectivity index is 1.70. The monoisotopic (exact) mass is 406 g/mol. The average Bonchev–Trinajstić information content (AvgIpc) is 3.08. The fourth-order valence-corrected chi connectivity index (χ4v) is 3.54.